The van der Waals surface area contributed by atoms with E-state index in [0.29, 0.717) is 17.2 Å². The van der Waals surface area contributed by atoms with E-state index in [0.717, 1.165) is 36.6 Å². The molecule has 1 aromatic heterocycles. The van der Waals surface area contributed by atoms with E-state index in [1.54, 1.807) is 32.4 Å². The zero-order valence-corrected chi connectivity index (χ0v) is 15.8. The smallest absolute Gasteiger partial charge is 0.245 e. The number of hydrogen-bond donors (Lipinski definition) is 0. The molecule has 0 N–H and O–H groups in total. The number of rotatable bonds is 5. The van der Waals surface area contributed by atoms with Gasteiger partial charge in [0.1, 0.15) is 5.82 Å². The Morgan fingerprint density at radius 1 is 1.07 bits per heavy atom. The van der Waals surface area contributed by atoms with Gasteiger partial charge in [0, 0.05) is 30.1 Å². The molecule has 1 aliphatic heterocycles. The standard InChI is InChI=1S/C21H21FN4O2/c1-27-19-9-5-7-15(20(19)28-2)14-10-11-26(13-14)21-24-18(12-23-25-21)16-6-3-4-8-17(16)22/h3-9,12,14H,10-11,13H2,1-2H3. The van der Waals surface area contributed by atoms with Gasteiger partial charge in [0.25, 0.3) is 0 Å². The van der Waals surface area contributed by atoms with Gasteiger partial charge in [-0.25, -0.2) is 9.37 Å². The molecule has 144 valence electrons. The molecule has 1 unspecified atom stereocenters. The van der Waals surface area contributed by atoms with Crippen molar-refractivity contribution in [1.82, 2.24) is 15.2 Å². The first-order valence-corrected chi connectivity index (χ1v) is 9.11. The highest BCUT2D eigenvalue weighted by atomic mass is 19.1. The highest BCUT2D eigenvalue weighted by Crippen LogP contribution is 2.39. The number of ether oxygens (including phenoxy) is 2. The van der Waals surface area contributed by atoms with Crippen molar-refractivity contribution in [3.63, 3.8) is 0 Å². The molecule has 1 atom stereocenters. The monoisotopic (exact) mass is 380 g/mol. The van der Waals surface area contributed by atoms with Gasteiger partial charge in [0.15, 0.2) is 11.5 Å². The van der Waals surface area contributed by atoms with E-state index in [9.17, 15) is 4.39 Å². The Morgan fingerprint density at radius 2 is 1.93 bits per heavy atom. The van der Waals surface area contributed by atoms with Crippen molar-refractivity contribution < 1.29 is 13.9 Å². The molecule has 6 nitrogen and oxygen atoms in total. The molecule has 2 heterocycles. The third kappa shape index (κ3) is 3.35. The number of halogens is 1. The Labute approximate surface area is 163 Å². The van der Waals surface area contributed by atoms with E-state index in [2.05, 4.69) is 26.1 Å². The molecular formula is C21H21FN4O2. The molecule has 3 aromatic rings. The number of para-hydroxylation sites is 1. The summed E-state index contributed by atoms with van der Waals surface area (Å²) in [7, 11) is 3.29. The second-order valence-electron chi connectivity index (χ2n) is 6.64. The van der Waals surface area contributed by atoms with E-state index < -0.39 is 0 Å². The number of nitrogens with zero attached hydrogens (tertiary/aromatic N) is 4. The number of hydrogen-bond acceptors (Lipinski definition) is 6. The van der Waals surface area contributed by atoms with E-state index in [1.807, 2.05) is 12.1 Å². The third-order valence-electron chi connectivity index (χ3n) is 5.04. The Hall–Kier alpha value is -3.22. The van der Waals surface area contributed by atoms with Crippen LogP contribution in [0.4, 0.5) is 10.3 Å². The van der Waals surface area contributed by atoms with Crippen molar-refractivity contribution in [1.29, 1.82) is 0 Å². The van der Waals surface area contributed by atoms with E-state index in [1.165, 1.54) is 12.3 Å². The average Bonchev–Trinajstić information content (AvgIpc) is 3.23. The van der Waals surface area contributed by atoms with E-state index >= 15 is 0 Å². The van der Waals surface area contributed by atoms with E-state index in [-0.39, 0.29) is 11.7 Å². The summed E-state index contributed by atoms with van der Waals surface area (Å²) >= 11 is 0. The summed E-state index contributed by atoms with van der Waals surface area (Å²) in [5.74, 6) is 1.92. The molecule has 0 aliphatic carbocycles. The number of methoxy groups -OCH3 is 2. The first kappa shape index (κ1) is 18.2. The first-order valence-electron chi connectivity index (χ1n) is 9.11. The van der Waals surface area contributed by atoms with Gasteiger partial charge in [-0.3, -0.25) is 0 Å². The lowest BCUT2D eigenvalue weighted by atomic mass is 9.97. The molecule has 1 fully saturated rings. The molecule has 4 rings (SSSR count). The molecule has 28 heavy (non-hydrogen) atoms. The van der Waals surface area contributed by atoms with Gasteiger partial charge in [-0.2, -0.15) is 5.10 Å². The maximum Gasteiger partial charge on any atom is 0.245 e. The fourth-order valence-electron chi connectivity index (χ4n) is 3.66. The molecule has 0 spiro atoms. The van der Waals surface area contributed by atoms with Gasteiger partial charge in [0.05, 0.1) is 26.1 Å². The van der Waals surface area contributed by atoms with Crippen LogP contribution in [-0.2, 0) is 0 Å². The minimum Gasteiger partial charge on any atom is -0.493 e. The first-order chi connectivity index (χ1) is 13.7. The van der Waals surface area contributed by atoms with Crippen LogP contribution < -0.4 is 14.4 Å². The Kier molecular flexibility index (Phi) is 5.06. The number of benzene rings is 2. The Balaban J connectivity index is 1.59. The lowest BCUT2D eigenvalue weighted by molar-refractivity contribution is 0.350. The molecule has 1 aliphatic rings. The third-order valence-corrected chi connectivity index (χ3v) is 5.04. The lowest BCUT2D eigenvalue weighted by Gasteiger charge is -2.19. The molecule has 2 aromatic carbocycles. The van der Waals surface area contributed by atoms with Crippen LogP contribution in [0.1, 0.15) is 17.9 Å². The molecule has 0 bridgehead atoms. The largest absolute Gasteiger partial charge is 0.493 e. The van der Waals surface area contributed by atoms with Crippen molar-refractivity contribution >= 4 is 5.95 Å². The maximum absolute atomic E-state index is 14.1. The second kappa shape index (κ2) is 7.80. The van der Waals surface area contributed by atoms with Gasteiger partial charge in [-0.1, -0.05) is 24.3 Å². The van der Waals surface area contributed by atoms with Crippen molar-refractivity contribution in [3.8, 4) is 22.8 Å². The summed E-state index contributed by atoms with van der Waals surface area (Å²) < 4.78 is 25.1. The predicted octanol–water partition coefficient (Wildman–Crippen LogP) is 3.69. The zero-order chi connectivity index (χ0) is 19.5. The molecule has 0 amide bonds. The summed E-state index contributed by atoms with van der Waals surface area (Å²) in [6, 6.07) is 12.5. The van der Waals surface area contributed by atoms with Crippen LogP contribution in [0.15, 0.2) is 48.7 Å². The van der Waals surface area contributed by atoms with Crippen molar-refractivity contribution in [3.05, 3.63) is 60.0 Å². The van der Waals surface area contributed by atoms with Gasteiger partial charge in [0.2, 0.25) is 5.95 Å². The Bertz CT molecular complexity index is 982. The van der Waals surface area contributed by atoms with Crippen LogP contribution in [0, 0.1) is 5.82 Å². The second-order valence-corrected chi connectivity index (χ2v) is 6.64. The quantitative estimate of drug-likeness (QED) is 0.673. The zero-order valence-electron chi connectivity index (χ0n) is 15.8. The van der Waals surface area contributed by atoms with Gasteiger partial charge in [-0.05, 0) is 24.6 Å². The van der Waals surface area contributed by atoms with Crippen molar-refractivity contribution in [2.24, 2.45) is 0 Å². The highest BCUT2D eigenvalue weighted by Gasteiger charge is 2.29. The van der Waals surface area contributed by atoms with Crippen LogP contribution in [0.25, 0.3) is 11.3 Å². The summed E-state index contributed by atoms with van der Waals surface area (Å²) in [5.41, 5.74) is 2.00. The SMILES string of the molecule is COc1cccc(C2CCN(c3nncc(-c4ccccc4F)n3)C2)c1OC. The number of aromatic nitrogens is 3. The topological polar surface area (TPSA) is 60.4 Å². The summed E-state index contributed by atoms with van der Waals surface area (Å²) in [6.07, 6.45) is 2.41. The van der Waals surface area contributed by atoms with Crippen LogP contribution in [-0.4, -0.2) is 42.5 Å². The predicted molar refractivity (Wildman–Crippen MR) is 104 cm³/mol. The van der Waals surface area contributed by atoms with Crippen molar-refractivity contribution in [2.45, 2.75) is 12.3 Å². The molecule has 0 saturated carbocycles. The Morgan fingerprint density at radius 3 is 2.71 bits per heavy atom. The van der Waals surface area contributed by atoms with Gasteiger partial charge >= 0.3 is 0 Å². The normalized spacial score (nSPS) is 16.2. The minimum atomic E-state index is -0.325. The van der Waals surface area contributed by atoms with Gasteiger partial charge in [-0.15, -0.1) is 5.10 Å². The maximum atomic E-state index is 14.1. The van der Waals surface area contributed by atoms with Crippen LogP contribution in [0.3, 0.4) is 0 Å². The van der Waals surface area contributed by atoms with E-state index in [4.69, 9.17) is 9.47 Å². The van der Waals surface area contributed by atoms with Crippen LogP contribution in [0.5, 0.6) is 11.5 Å². The van der Waals surface area contributed by atoms with Crippen LogP contribution >= 0.6 is 0 Å². The summed E-state index contributed by atoms with van der Waals surface area (Å²) in [4.78, 5) is 6.62. The molecule has 0 radical (unpaired) electrons. The highest BCUT2D eigenvalue weighted by molar-refractivity contribution is 5.60. The minimum absolute atomic E-state index is 0.255. The molecule has 1 saturated heterocycles. The molecule has 7 heteroatoms. The summed E-state index contributed by atoms with van der Waals surface area (Å²) in [5, 5.41) is 8.21. The lowest BCUT2D eigenvalue weighted by Crippen LogP contribution is -2.22. The fourth-order valence-corrected chi connectivity index (χ4v) is 3.66. The average molecular weight is 380 g/mol. The van der Waals surface area contributed by atoms with Gasteiger partial charge < -0.3 is 14.4 Å². The fraction of sp³-hybridized carbons (Fsp3) is 0.286. The van der Waals surface area contributed by atoms with Crippen LogP contribution in [0.2, 0.25) is 0 Å². The molecular weight excluding hydrogens is 359 g/mol. The van der Waals surface area contributed by atoms with Crippen molar-refractivity contribution in [2.75, 3.05) is 32.2 Å². The summed E-state index contributed by atoms with van der Waals surface area (Å²) in [6.45, 7) is 1.51. The number of anilines is 1.